The van der Waals surface area contributed by atoms with E-state index in [-0.39, 0.29) is 0 Å². The quantitative estimate of drug-likeness (QED) is 0.838. The number of aryl methyl sites for hydroxylation is 2. The van der Waals surface area contributed by atoms with E-state index in [1.54, 1.807) is 11.3 Å². The zero-order valence-corrected chi connectivity index (χ0v) is 11.2. The van der Waals surface area contributed by atoms with E-state index in [0.717, 1.165) is 21.5 Å². The van der Waals surface area contributed by atoms with Gasteiger partial charge in [-0.15, -0.1) is 0 Å². The zero-order valence-electron chi connectivity index (χ0n) is 10.4. The molecule has 0 aliphatic heterocycles. The van der Waals surface area contributed by atoms with Crippen molar-refractivity contribution in [2.45, 2.75) is 13.8 Å². The Hall–Kier alpha value is -1.62. The van der Waals surface area contributed by atoms with Gasteiger partial charge < -0.3 is 9.32 Å². The molecular formula is C12H15N3OS. The van der Waals surface area contributed by atoms with Gasteiger partial charge in [-0.25, -0.2) is 9.97 Å². The molecule has 2 aromatic rings. The third kappa shape index (κ3) is 2.74. The lowest BCUT2D eigenvalue weighted by Crippen LogP contribution is -2.07. The molecule has 0 saturated heterocycles. The lowest BCUT2D eigenvalue weighted by atomic mass is 10.4. The molecule has 0 saturated carbocycles. The van der Waals surface area contributed by atoms with Gasteiger partial charge in [0.05, 0.1) is 5.69 Å². The summed E-state index contributed by atoms with van der Waals surface area (Å²) >= 11 is 1.63. The van der Waals surface area contributed by atoms with Gasteiger partial charge in [0.15, 0.2) is 5.13 Å². The van der Waals surface area contributed by atoms with Gasteiger partial charge in [0.25, 0.3) is 0 Å². The first kappa shape index (κ1) is 11.9. The number of aromatic nitrogens is 2. The van der Waals surface area contributed by atoms with Crippen LogP contribution < -0.4 is 4.90 Å². The average molecular weight is 249 g/mol. The van der Waals surface area contributed by atoms with Crippen LogP contribution in [0.4, 0.5) is 5.13 Å². The first-order chi connectivity index (χ1) is 8.06. The Morgan fingerprint density at radius 1 is 1.29 bits per heavy atom. The summed E-state index contributed by atoms with van der Waals surface area (Å²) in [5, 5.41) is 0.990. The average Bonchev–Trinajstić information content (AvgIpc) is 2.84. The van der Waals surface area contributed by atoms with Gasteiger partial charge in [-0.05, 0) is 19.9 Å². The number of hydrogen-bond acceptors (Lipinski definition) is 5. The fourth-order valence-electron chi connectivity index (χ4n) is 1.28. The highest BCUT2D eigenvalue weighted by Crippen LogP contribution is 2.22. The number of anilines is 1. The Balaban J connectivity index is 2.14. The molecule has 2 rings (SSSR count). The predicted octanol–water partition coefficient (Wildman–Crippen LogP) is 2.98. The predicted molar refractivity (Wildman–Crippen MR) is 71.3 cm³/mol. The number of nitrogens with zero attached hydrogens (tertiary/aromatic N) is 3. The first-order valence-corrected chi connectivity index (χ1v) is 6.13. The molecule has 0 aliphatic carbocycles. The molecule has 0 aromatic carbocycles. The van der Waals surface area contributed by atoms with Crippen LogP contribution in [-0.2, 0) is 0 Å². The van der Waals surface area contributed by atoms with Gasteiger partial charge in [0.1, 0.15) is 5.76 Å². The highest BCUT2D eigenvalue weighted by atomic mass is 32.1. The maximum Gasteiger partial charge on any atom is 0.219 e. The minimum Gasteiger partial charge on any atom is -0.442 e. The van der Waals surface area contributed by atoms with E-state index in [1.165, 1.54) is 0 Å². The van der Waals surface area contributed by atoms with Crippen molar-refractivity contribution in [2.24, 2.45) is 0 Å². The van der Waals surface area contributed by atoms with Crippen LogP contribution in [0, 0.1) is 13.8 Å². The molecule has 4 nitrogen and oxygen atoms in total. The molecule has 2 heterocycles. The molecule has 0 aliphatic rings. The SMILES string of the molecule is Cc1nc(/C=C/c2cnc(N(C)C)s2)oc1C. The van der Waals surface area contributed by atoms with Crippen molar-refractivity contribution in [1.82, 2.24) is 9.97 Å². The van der Waals surface area contributed by atoms with Crippen molar-refractivity contribution in [3.05, 3.63) is 28.4 Å². The van der Waals surface area contributed by atoms with E-state index >= 15 is 0 Å². The van der Waals surface area contributed by atoms with Crippen molar-refractivity contribution >= 4 is 28.6 Å². The van der Waals surface area contributed by atoms with Gasteiger partial charge in [-0.3, -0.25) is 0 Å². The van der Waals surface area contributed by atoms with Crippen LogP contribution in [0.3, 0.4) is 0 Å². The smallest absolute Gasteiger partial charge is 0.219 e. The molecule has 0 N–H and O–H groups in total. The Kier molecular flexibility index (Phi) is 3.28. The Bertz CT molecular complexity index is 520. The second-order valence-electron chi connectivity index (χ2n) is 3.97. The monoisotopic (exact) mass is 249 g/mol. The van der Waals surface area contributed by atoms with Gasteiger partial charge in [0, 0.05) is 31.2 Å². The molecule has 0 unspecified atom stereocenters. The van der Waals surface area contributed by atoms with E-state index in [4.69, 9.17) is 4.42 Å². The standard InChI is InChI=1S/C12H15N3OS/c1-8-9(2)16-11(14-8)6-5-10-7-13-12(17-10)15(3)4/h5-7H,1-4H3/b6-5+. The number of thiazole rings is 1. The summed E-state index contributed by atoms with van der Waals surface area (Å²) in [6.45, 7) is 3.85. The van der Waals surface area contributed by atoms with Crippen molar-refractivity contribution in [1.29, 1.82) is 0 Å². The number of oxazole rings is 1. The largest absolute Gasteiger partial charge is 0.442 e. The van der Waals surface area contributed by atoms with Crippen LogP contribution in [0.2, 0.25) is 0 Å². The van der Waals surface area contributed by atoms with Crippen LogP contribution in [0.5, 0.6) is 0 Å². The lowest BCUT2D eigenvalue weighted by Gasteiger charge is -2.04. The fourth-order valence-corrected chi connectivity index (χ4v) is 2.02. The third-order valence-corrected chi connectivity index (χ3v) is 3.46. The molecule has 0 bridgehead atoms. The van der Waals surface area contributed by atoms with Gasteiger partial charge in [-0.2, -0.15) is 0 Å². The summed E-state index contributed by atoms with van der Waals surface area (Å²) < 4.78 is 5.47. The van der Waals surface area contributed by atoms with E-state index in [0.29, 0.717) is 5.89 Å². The van der Waals surface area contributed by atoms with Gasteiger partial charge in [0.2, 0.25) is 5.89 Å². The maximum absolute atomic E-state index is 5.47. The molecule has 0 fully saturated rings. The van der Waals surface area contributed by atoms with Crippen LogP contribution in [0.25, 0.3) is 12.2 Å². The number of hydrogen-bond donors (Lipinski definition) is 0. The van der Waals surface area contributed by atoms with E-state index in [2.05, 4.69) is 9.97 Å². The normalized spacial score (nSPS) is 11.3. The van der Waals surface area contributed by atoms with Gasteiger partial charge >= 0.3 is 0 Å². The molecule has 0 amide bonds. The van der Waals surface area contributed by atoms with E-state index in [9.17, 15) is 0 Å². The van der Waals surface area contributed by atoms with Crippen LogP contribution in [-0.4, -0.2) is 24.1 Å². The molecule has 90 valence electrons. The highest BCUT2D eigenvalue weighted by Gasteiger charge is 2.03. The Labute approximate surface area is 105 Å². The topological polar surface area (TPSA) is 42.2 Å². The Morgan fingerprint density at radius 2 is 2.06 bits per heavy atom. The Morgan fingerprint density at radius 3 is 2.59 bits per heavy atom. The molecule has 17 heavy (non-hydrogen) atoms. The summed E-state index contributed by atoms with van der Waals surface area (Å²) in [7, 11) is 3.96. The third-order valence-electron chi connectivity index (χ3n) is 2.33. The fraction of sp³-hybridized carbons (Fsp3) is 0.333. The summed E-state index contributed by atoms with van der Waals surface area (Å²) in [6, 6.07) is 0. The lowest BCUT2D eigenvalue weighted by molar-refractivity contribution is 0.516. The molecule has 0 atom stereocenters. The summed E-state index contributed by atoms with van der Waals surface area (Å²) in [6.07, 6.45) is 5.68. The molecule has 0 radical (unpaired) electrons. The van der Waals surface area contributed by atoms with Crippen LogP contribution in [0.1, 0.15) is 22.2 Å². The van der Waals surface area contributed by atoms with E-state index in [1.807, 2.05) is 51.2 Å². The summed E-state index contributed by atoms with van der Waals surface area (Å²) in [5.74, 6) is 1.50. The molecular weight excluding hydrogens is 234 g/mol. The van der Waals surface area contributed by atoms with Crippen molar-refractivity contribution in [3.8, 4) is 0 Å². The van der Waals surface area contributed by atoms with Crippen LogP contribution >= 0.6 is 11.3 Å². The second kappa shape index (κ2) is 4.71. The van der Waals surface area contributed by atoms with E-state index < -0.39 is 0 Å². The van der Waals surface area contributed by atoms with Crippen molar-refractivity contribution in [3.63, 3.8) is 0 Å². The zero-order chi connectivity index (χ0) is 12.4. The molecule has 2 aromatic heterocycles. The molecule has 0 spiro atoms. The van der Waals surface area contributed by atoms with Crippen molar-refractivity contribution in [2.75, 3.05) is 19.0 Å². The summed E-state index contributed by atoms with van der Waals surface area (Å²) in [4.78, 5) is 11.7. The van der Waals surface area contributed by atoms with Gasteiger partial charge in [-0.1, -0.05) is 11.3 Å². The summed E-state index contributed by atoms with van der Waals surface area (Å²) in [5.41, 5.74) is 0.933. The minimum atomic E-state index is 0.639. The minimum absolute atomic E-state index is 0.639. The van der Waals surface area contributed by atoms with Crippen LogP contribution in [0.15, 0.2) is 10.6 Å². The number of rotatable bonds is 3. The highest BCUT2D eigenvalue weighted by molar-refractivity contribution is 7.16. The maximum atomic E-state index is 5.47. The van der Waals surface area contributed by atoms with Crippen molar-refractivity contribution < 1.29 is 4.42 Å². The molecule has 5 heteroatoms. The first-order valence-electron chi connectivity index (χ1n) is 5.31. The second-order valence-corrected chi connectivity index (χ2v) is 5.01.